The zero-order valence-corrected chi connectivity index (χ0v) is 9.13. The van der Waals surface area contributed by atoms with Gasteiger partial charge in [0.1, 0.15) is 11.5 Å². The van der Waals surface area contributed by atoms with Crippen molar-refractivity contribution in [3.63, 3.8) is 0 Å². The van der Waals surface area contributed by atoms with Crippen LogP contribution in [0.4, 0.5) is 19.0 Å². The molecule has 0 amide bonds. The van der Waals surface area contributed by atoms with Gasteiger partial charge in [-0.1, -0.05) is 6.07 Å². The van der Waals surface area contributed by atoms with Gasteiger partial charge in [0, 0.05) is 13.2 Å². The van der Waals surface area contributed by atoms with Gasteiger partial charge in [-0.3, -0.25) is 0 Å². The largest absolute Gasteiger partial charge is 0.433 e. The van der Waals surface area contributed by atoms with Crippen LogP contribution in [0.2, 0.25) is 0 Å². The summed E-state index contributed by atoms with van der Waals surface area (Å²) in [6.07, 6.45) is -2.39. The Balaban J connectivity index is 1.96. The maximum absolute atomic E-state index is 12.4. The third-order valence-corrected chi connectivity index (χ3v) is 2.57. The van der Waals surface area contributed by atoms with Gasteiger partial charge in [0.2, 0.25) is 0 Å². The van der Waals surface area contributed by atoms with Crippen LogP contribution in [-0.2, 0) is 10.9 Å². The maximum atomic E-state index is 12.4. The molecule has 0 bridgehead atoms. The zero-order valence-electron chi connectivity index (χ0n) is 9.13. The molecular formula is C11H13F3N2O. The van der Waals surface area contributed by atoms with Crippen molar-refractivity contribution < 1.29 is 17.9 Å². The molecule has 0 aliphatic carbocycles. The van der Waals surface area contributed by atoms with Crippen molar-refractivity contribution >= 4 is 5.82 Å². The summed E-state index contributed by atoms with van der Waals surface area (Å²) in [6.45, 7) is 1.22. The average Bonchev–Trinajstić information content (AvgIpc) is 2.78. The summed E-state index contributed by atoms with van der Waals surface area (Å²) in [7, 11) is 0. The van der Waals surface area contributed by atoms with Crippen molar-refractivity contribution in [2.45, 2.75) is 25.1 Å². The van der Waals surface area contributed by atoms with Gasteiger partial charge in [-0.2, -0.15) is 13.2 Å². The second-order valence-corrected chi connectivity index (χ2v) is 3.92. The van der Waals surface area contributed by atoms with E-state index < -0.39 is 11.9 Å². The van der Waals surface area contributed by atoms with Crippen LogP contribution in [0.3, 0.4) is 0 Å². The molecule has 0 aromatic carbocycles. The summed E-state index contributed by atoms with van der Waals surface area (Å²) in [6, 6.07) is 3.81. The Morgan fingerprint density at radius 3 is 2.88 bits per heavy atom. The fourth-order valence-corrected chi connectivity index (χ4v) is 1.71. The predicted molar refractivity (Wildman–Crippen MR) is 56.7 cm³/mol. The molecule has 1 saturated heterocycles. The van der Waals surface area contributed by atoms with E-state index in [2.05, 4.69) is 10.3 Å². The van der Waals surface area contributed by atoms with Crippen LogP contribution in [-0.4, -0.2) is 24.2 Å². The lowest BCUT2D eigenvalue weighted by atomic mass is 10.2. The van der Waals surface area contributed by atoms with Crippen LogP contribution in [0.15, 0.2) is 18.2 Å². The van der Waals surface area contributed by atoms with Crippen LogP contribution in [0.5, 0.6) is 0 Å². The molecule has 1 aromatic rings. The third-order valence-electron chi connectivity index (χ3n) is 2.57. The molecule has 1 atom stereocenters. The van der Waals surface area contributed by atoms with Crippen molar-refractivity contribution in [2.75, 3.05) is 18.5 Å². The second kappa shape index (κ2) is 4.91. The van der Waals surface area contributed by atoms with Crippen molar-refractivity contribution in [3.05, 3.63) is 23.9 Å². The molecule has 2 heterocycles. The Hall–Kier alpha value is -1.30. The molecule has 1 fully saturated rings. The van der Waals surface area contributed by atoms with E-state index in [4.69, 9.17) is 4.74 Å². The van der Waals surface area contributed by atoms with Gasteiger partial charge in [-0.25, -0.2) is 4.98 Å². The average molecular weight is 246 g/mol. The number of nitrogens with one attached hydrogen (secondary N) is 1. The lowest BCUT2D eigenvalue weighted by Crippen LogP contribution is -2.19. The molecule has 94 valence electrons. The van der Waals surface area contributed by atoms with E-state index in [1.807, 2.05) is 0 Å². The molecule has 1 N–H and O–H groups in total. The lowest BCUT2D eigenvalue weighted by Gasteiger charge is -2.12. The van der Waals surface area contributed by atoms with Gasteiger partial charge >= 0.3 is 6.18 Å². The minimum atomic E-state index is -4.40. The first-order valence-corrected chi connectivity index (χ1v) is 5.45. The van der Waals surface area contributed by atoms with Crippen molar-refractivity contribution in [1.82, 2.24) is 4.98 Å². The number of ether oxygens (including phenoxy) is 1. The standard InChI is InChI=1S/C11H13F3N2O/c12-11(13,14)9-4-1-5-10(16-9)15-7-8-3-2-6-17-8/h1,4-5,8H,2-3,6-7H2,(H,15,16). The van der Waals surface area contributed by atoms with Gasteiger partial charge < -0.3 is 10.1 Å². The minimum absolute atomic E-state index is 0.0753. The van der Waals surface area contributed by atoms with Gasteiger partial charge in [0.25, 0.3) is 0 Å². The van der Waals surface area contributed by atoms with E-state index in [0.29, 0.717) is 6.54 Å². The van der Waals surface area contributed by atoms with Crippen LogP contribution in [0, 0.1) is 0 Å². The molecule has 1 aliphatic rings. The molecule has 1 aromatic heterocycles. The Labute approximate surface area is 97.0 Å². The van der Waals surface area contributed by atoms with Crippen molar-refractivity contribution in [3.8, 4) is 0 Å². The highest BCUT2D eigenvalue weighted by atomic mass is 19.4. The Morgan fingerprint density at radius 2 is 2.24 bits per heavy atom. The highest BCUT2D eigenvalue weighted by Gasteiger charge is 2.32. The number of halogens is 3. The lowest BCUT2D eigenvalue weighted by molar-refractivity contribution is -0.141. The molecule has 17 heavy (non-hydrogen) atoms. The molecule has 0 radical (unpaired) electrons. The predicted octanol–water partition coefficient (Wildman–Crippen LogP) is 2.69. The van der Waals surface area contributed by atoms with E-state index in [-0.39, 0.29) is 11.9 Å². The number of anilines is 1. The van der Waals surface area contributed by atoms with Crippen molar-refractivity contribution in [1.29, 1.82) is 0 Å². The van der Waals surface area contributed by atoms with Crippen LogP contribution in [0.25, 0.3) is 0 Å². The van der Waals surface area contributed by atoms with Gasteiger partial charge in [-0.05, 0) is 25.0 Å². The summed E-state index contributed by atoms with van der Waals surface area (Å²) in [5, 5.41) is 2.86. The molecule has 2 rings (SSSR count). The normalized spacial score (nSPS) is 20.5. The number of pyridine rings is 1. The SMILES string of the molecule is FC(F)(F)c1cccc(NCC2CCCO2)n1. The van der Waals surface area contributed by atoms with E-state index in [1.54, 1.807) is 0 Å². The van der Waals surface area contributed by atoms with E-state index in [1.165, 1.54) is 12.1 Å². The summed E-state index contributed by atoms with van der Waals surface area (Å²) in [5.41, 5.74) is -0.880. The molecule has 1 aliphatic heterocycles. The van der Waals surface area contributed by atoms with E-state index >= 15 is 0 Å². The van der Waals surface area contributed by atoms with Gasteiger partial charge in [0.05, 0.1) is 6.10 Å². The van der Waals surface area contributed by atoms with Gasteiger partial charge in [0.15, 0.2) is 0 Å². The number of rotatable bonds is 3. The summed E-state index contributed by atoms with van der Waals surface area (Å²) in [5.74, 6) is 0.232. The molecule has 3 nitrogen and oxygen atoms in total. The quantitative estimate of drug-likeness (QED) is 0.890. The summed E-state index contributed by atoms with van der Waals surface area (Å²) < 4.78 is 42.5. The Bertz CT molecular complexity index is 375. The first-order valence-electron chi connectivity index (χ1n) is 5.45. The fraction of sp³-hybridized carbons (Fsp3) is 0.545. The van der Waals surface area contributed by atoms with E-state index in [0.717, 1.165) is 25.5 Å². The zero-order chi connectivity index (χ0) is 12.3. The monoisotopic (exact) mass is 246 g/mol. The number of hydrogen-bond donors (Lipinski definition) is 1. The topological polar surface area (TPSA) is 34.1 Å². The number of nitrogens with zero attached hydrogens (tertiary/aromatic N) is 1. The molecule has 6 heteroatoms. The second-order valence-electron chi connectivity index (χ2n) is 3.92. The number of aromatic nitrogens is 1. The Morgan fingerprint density at radius 1 is 1.41 bits per heavy atom. The molecule has 1 unspecified atom stereocenters. The van der Waals surface area contributed by atoms with Crippen LogP contribution >= 0.6 is 0 Å². The highest BCUT2D eigenvalue weighted by Crippen LogP contribution is 2.28. The summed E-state index contributed by atoms with van der Waals surface area (Å²) >= 11 is 0. The number of hydrogen-bond acceptors (Lipinski definition) is 3. The molecule has 0 spiro atoms. The first kappa shape index (κ1) is 12.2. The molecule has 0 saturated carbocycles. The maximum Gasteiger partial charge on any atom is 0.433 e. The van der Waals surface area contributed by atoms with Crippen LogP contribution < -0.4 is 5.32 Å². The van der Waals surface area contributed by atoms with E-state index in [9.17, 15) is 13.2 Å². The smallest absolute Gasteiger partial charge is 0.376 e. The number of alkyl halides is 3. The molecular weight excluding hydrogens is 233 g/mol. The summed E-state index contributed by atoms with van der Waals surface area (Å²) in [4.78, 5) is 3.51. The van der Waals surface area contributed by atoms with Crippen LogP contribution in [0.1, 0.15) is 18.5 Å². The Kier molecular flexibility index (Phi) is 3.51. The minimum Gasteiger partial charge on any atom is -0.376 e. The van der Waals surface area contributed by atoms with Gasteiger partial charge in [-0.15, -0.1) is 0 Å². The third kappa shape index (κ3) is 3.33. The van der Waals surface area contributed by atoms with Crippen molar-refractivity contribution in [2.24, 2.45) is 0 Å². The fourth-order valence-electron chi connectivity index (χ4n) is 1.71. The highest BCUT2D eigenvalue weighted by molar-refractivity contribution is 5.36. The first-order chi connectivity index (χ1) is 8.05.